The first kappa shape index (κ1) is 23.5. The predicted octanol–water partition coefficient (Wildman–Crippen LogP) is 4.13. The van der Waals surface area contributed by atoms with E-state index in [9.17, 15) is 19.7 Å². The highest BCUT2D eigenvalue weighted by molar-refractivity contribution is 6.31. The normalized spacial score (nSPS) is 14.2. The number of nitrogens with zero attached hydrogens (tertiary/aromatic N) is 2. The molecule has 9 nitrogen and oxygen atoms in total. The van der Waals surface area contributed by atoms with E-state index in [1.54, 1.807) is 30.3 Å². The fourth-order valence-corrected chi connectivity index (χ4v) is 3.48. The lowest BCUT2D eigenvalue weighted by molar-refractivity contribution is -0.384. The van der Waals surface area contributed by atoms with Crippen LogP contribution in [0.25, 0.3) is 6.08 Å². The second-order valence-corrected chi connectivity index (χ2v) is 7.90. The van der Waals surface area contributed by atoms with Crippen molar-refractivity contribution in [1.29, 1.82) is 0 Å². The lowest BCUT2D eigenvalue weighted by atomic mass is 10.1. The summed E-state index contributed by atoms with van der Waals surface area (Å²) in [5.41, 5.74) is 5.15. The number of hydrogen-bond acceptors (Lipinski definition) is 6. The first-order valence-corrected chi connectivity index (χ1v) is 10.9. The van der Waals surface area contributed by atoms with Crippen molar-refractivity contribution in [2.24, 2.45) is 0 Å². The van der Waals surface area contributed by atoms with E-state index < -0.39 is 16.7 Å². The molecule has 1 aliphatic rings. The van der Waals surface area contributed by atoms with Crippen molar-refractivity contribution in [3.8, 4) is 11.5 Å². The summed E-state index contributed by atoms with van der Waals surface area (Å²) in [6.07, 6.45) is 1.30. The number of aryl methyl sites for hydroxylation is 2. The van der Waals surface area contributed by atoms with Crippen molar-refractivity contribution in [1.82, 2.24) is 5.43 Å². The third-order valence-corrected chi connectivity index (χ3v) is 5.50. The van der Waals surface area contributed by atoms with Crippen molar-refractivity contribution in [3.63, 3.8) is 0 Å². The molecule has 3 aromatic carbocycles. The molecule has 0 radical (unpaired) electrons. The first-order valence-electron chi connectivity index (χ1n) is 10.9. The molecule has 35 heavy (non-hydrogen) atoms. The number of carbonyl (C=O) groups is 2. The molecule has 0 unspecified atom stereocenters. The molecule has 9 heteroatoms. The van der Waals surface area contributed by atoms with Crippen molar-refractivity contribution in [2.75, 3.05) is 18.2 Å². The molecule has 0 atom stereocenters. The molecule has 0 saturated carbocycles. The van der Waals surface area contributed by atoms with Gasteiger partial charge in [0.15, 0.2) is 0 Å². The Morgan fingerprint density at radius 1 is 0.943 bits per heavy atom. The van der Waals surface area contributed by atoms with Gasteiger partial charge in [0.2, 0.25) is 0 Å². The maximum absolute atomic E-state index is 12.9. The molecule has 1 aliphatic heterocycles. The van der Waals surface area contributed by atoms with Gasteiger partial charge in [-0.2, -0.15) is 0 Å². The van der Waals surface area contributed by atoms with Gasteiger partial charge in [-0.3, -0.25) is 25.1 Å². The van der Waals surface area contributed by atoms with Crippen molar-refractivity contribution >= 4 is 29.3 Å². The monoisotopic (exact) mass is 473 g/mol. The molecule has 178 valence electrons. The summed E-state index contributed by atoms with van der Waals surface area (Å²) in [6, 6.07) is 18.4. The summed E-state index contributed by atoms with van der Waals surface area (Å²) in [6.45, 7) is 4.39. The van der Waals surface area contributed by atoms with Gasteiger partial charge in [0.05, 0.1) is 10.6 Å². The van der Waals surface area contributed by atoms with E-state index in [-0.39, 0.29) is 35.8 Å². The lowest BCUT2D eigenvalue weighted by Gasteiger charge is -2.14. The van der Waals surface area contributed by atoms with Crippen molar-refractivity contribution in [2.45, 2.75) is 13.8 Å². The van der Waals surface area contributed by atoms with Crippen LogP contribution in [0.4, 0.5) is 11.4 Å². The zero-order valence-electron chi connectivity index (χ0n) is 19.2. The van der Waals surface area contributed by atoms with E-state index in [0.29, 0.717) is 11.4 Å². The van der Waals surface area contributed by atoms with E-state index in [1.807, 2.05) is 32.0 Å². The highest BCUT2D eigenvalue weighted by Crippen LogP contribution is 2.29. The van der Waals surface area contributed by atoms with Gasteiger partial charge in [-0.25, -0.2) is 5.01 Å². The Hall–Kier alpha value is -4.66. The second-order valence-electron chi connectivity index (χ2n) is 7.90. The molecule has 1 heterocycles. The zero-order valence-corrected chi connectivity index (χ0v) is 19.2. The van der Waals surface area contributed by atoms with Crippen LogP contribution in [-0.2, 0) is 9.59 Å². The van der Waals surface area contributed by atoms with Crippen molar-refractivity contribution in [3.05, 3.63) is 99.1 Å². The lowest BCUT2D eigenvalue weighted by Crippen LogP contribution is -2.35. The second kappa shape index (κ2) is 10.1. The summed E-state index contributed by atoms with van der Waals surface area (Å²) < 4.78 is 11.5. The minimum Gasteiger partial charge on any atom is -0.490 e. The van der Waals surface area contributed by atoms with Crippen LogP contribution in [0.2, 0.25) is 0 Å². The van der Waals surface area contributed by atoms with E-state index in [0.717, 1.165) is 16.1 Å². The Morgan fingerprint density at radius 2 is 1.69 bits per heavy atom. The molecule has 1 fully saturated rings. The van der Waals surface area contributed by atoms with Gasteiger partial charge in [0.25, 0.3) is 17.5 Å². The molecular weight excluding hydrogens is 450 g/mol. The molecule has 1 N–H and O–H groups in total. The average Bonchev–Trinajstić information content (AvgIpc) is 3.13. The van der Waals surface area contributed by atoms with E-state index in [4.69, 9.17) is 9.47 Å². The summed E-state index contributed by atoms with van der Waals surface area (Å²) in [4.78, 5) is 36.2. The number of rotatable bonds is 8. The van der Waals surface area contributed by atoms with Gasteiger partial charge < -0.3 is 9.47 Å². The van der Waals surface area contributed by atoms with Crippen LogP contribution >= 0.6 is 0 Å². The third-order valence-electron chi connectivity index (χ3n) is 5.50. The van der Waals surface area contributed by atoms with Crippen molar-refractivity contribution < 1.29 is 24.0 Å². The average molecular weight is 473 g/mol. The van der Waals surface area contributed by atoms with Crippen LogP contribution in [0, 0.1) is 24.0 Å². The Morgan fingerprint density at radius 3 is 2.40 bits per heavy atom. The molecule has 0 aromatic heterocycles. The van der Waals surface area contributed by atoms with Crippen LogP contribution in [0.3, 0.4) is 0 Å². The number of benzene rings is 3. The smallest absolute Gasteiger partial charge is 0.282 e. The first-order chi connectivity index (χ1) is 16.8. The van der Waals surface area contributed by atoms with Gasteiger partial charge in [-0.1, -0.05) is 24.3 Å². The molecule has 0 spiro atoms. The highest BCUT2D eigenvalue weighted by atomic mass is 16.6. The number of amides is 2. The van der Waals surface area contributed by atoms with E-state index >= 15 is 0 Å². The van der Waals surface area contributed by atoms with Gasteiger partial charge in [-0.15, -0.1) is 0 Å². The van der Waals surface area contributed by atoms with Gasteiger partial charge in [0, 0.05) is 17.7 Å². The number of anilines is 1. The third kappa shape index (κ3) is 5.30. The number of hydrogen-bond donors (Lipinski definition) is 1. The maximum atomic E-state index is 12.9. The number of nitrogens with one attached hydrogen (secondary N) is 1. The predicted molar refractivity (Wildman–Crippen MR) is 130 cm³/mol. The number of hydrazine groups is 1. The van der Waals surface area contributed by atoms with E-state index in [2.05, 4.69) is 5.43 Å². The van der Waals surface area contributed by atoms with Gasteiger partial charge >= 0.3 is 0 Å². The zero-order chi connectivity index (χ0) is 24.9. The molecular formula is C26H23N3O6. The maximum Gasteiger partial charge on any atom is 0.282 e. The van der Waals surface area contributed by atoms with Crippen LogP contribution in [0.15, 0.2) is 72.3 Å². The Labute approximate surface area is 201 Å². The molecule has 1 saturated heterocycles. The SMILES string of the molecule is Cc1ccc(OCCOc2ccc([N+](=O)[O-])cc2/C=C2\C(=O)NN(c3ccccc3)C2=O)cc1C. The number of non-ortho nitro benzene ring substituents is 1. The topological polar surface area (TPSA) is 111 Å². The van der Waals surface area contributed by atoms with Gasteiger partial charge in [0.1, 0.15) is 30.3 Å². The highest BCUT2D eigenvalue weighted by Gasteiger charge is 2.34. The minimum absolute atomic E-state index is 0.150. The Bertz CT molecular complexity index is 1320. The summed E-state index contributed by atoms with van der Waals surface area (Å²) in [7, 11) is 0. The number of nitro groups is 1. The number of ether oxygens (including phenoxy) is 2. The van der Waals surface area contributed by atoms with E-state index in [1.165, 1.54) is 24.3 Å². The minimum atomic E-state index is -0.616. The van der Waals surface area contributed by atoms with Crippen LogP contribution < -0.4 is 19.9 Å². The quantitative estimate of drug-likeness (QED) is 0.173. The number of para-hydroxylation sites is 1. The molecule has 4 rings (SSSR count). The Kier molecular flexibility index (Phi) is 6.77. The van der Waals surface area contributed by atoms with Gasteiger partial charge in [-0.05, 0) is 61.4 Å². The fraction of sp³-hybridized carbons (Fsp3) is 0.154. The van der Waals surface area contributed by atoms with Crippen LogP contribution in [0.1, 0.15) is 16.7 Å². The largest absolute Gasteiger partial charge is 0.490 e. The molecule has 0 bridgehead atoms. The summed E-state index contributed by atoms with van der Waals surface area (Å²) in [5, 5.41) is 12.4. The van der Waals surface area contributed by atoms with Crippen LogP contribution in [0.5, 0.6) is 11.5 Å². The summed E-state index contributed by atoms with van der Waals surface area (Å²) >= 11 is 0. The number of nitro benzene ring substituents is 1. The van der Waals surface area contributed by atoms with Crippen LogP contribution in [-0.4, -0.2) is 30.0 Å². The standard InChI is InChI=1S/C26H23N3O6/c1-17-8-10-22(14-18(17)2)34-12-13-35-24-11-9-21(29(32)33)15-19(24)16-23-25(30)27-28(26(23)31)20-6-4-3-5-7-20/h3-11,14-16H,12-13H2,1-2H3,(H,27,30)/b23-16+. The number of carbonyl (C=O) groups excluding carboxylic acids is 2. The Balaban J connectivity index is 1.53. The molecule has 0 aliphatic carbocycles. The molecule has 2 amide bonds. The molecule has 3 aromatic rings. The summed E-state index contributed by atoms with van der Waals surface area (Å²) in [5.74, 6) is -0.200. The fourth-order valence-electron chi connectivity index (χ4n) is 3.48.